The number of amides is 2. The number of hydrogen-bond donors (Lipinski definition) is 6. The average molecular weight is 1120 g/mol. The number of aromatic nitrogens is 4. The van der Waals surface area contributed by atoms with E-state index in [-0.39, 0.29) is 121 Å². The number of esters is 2. The molecule has 12 rings (SSSR count). The lowest BCUT2D eigenvalue weighted by Gasteiger charge is -2.31. The summed E-state index contributed by atoms with van der Waals surface area (Å²) in [6.07, 6.45) is -16.3. The molecule has 0 spiro atoms. The standard InChI is InChI=1S/2C27H23F4N3O6/c2*1-3-26(39)14-6-18-21-12(8-34(18)24(37)13(14)9-40-25(26)38)20-16(33-23(36)22(35)27(29,30)31)5-4-11-10(2)15(28)7-17(32-21)19(11)20/h2*6-7,16,22,35,39H,3-5,8-9H2,1-2H3,(H,33,36)/t16-,22+,26-;16-,22-,26-/m00/s1. The number of halogens is 8. The number of carbonyl (C=O) groups is 4. The van der Waals surface area contributed by atoms with Crippen molar-refractivity contribution in [3.63, 3.8) is 0 Å². The van der Waals surface area contributed by atoms with Crippen molar-refractivity contribution in [1.82, 2.24) is 29.7 Å². The summed E-state index contributed by atoms with van der Waals surface area (Å²) in [5, 5.41) is 46.8. The lowest BCUT2D eigenvalue weighted by Crippen LogP contribution is -2.46. The van der Waals surface area contributed by atoms with Crippen LogP contribution in [0.15, 0.2) is 33.9 Å². The maximum absolute atomic E-state index is 14.9. The molecule has 26 heteroatoms. The Morgan fingerprint density at radius 2 is 1.00 bits per heavy atom. The second-order valence-electron chi connectivity index (χ2n) is 20.7. The topological polar surface area (TPSA) is 261 Å². The van der Waals surface area contributed by atoms with Gasteiger partial charge in [-0.05, 0) is 97.9 Å². The number of aliphatic hydroxyl groups is 4. The van der Waals surface area contributed by atoms with Gasteiger partial charge in [0.05, 0.1) is 70.1 Å². The number of fused-ring (bicyclic) bond motifs is 10. The van der Waals surface area contributed by atoms with Crippen LogP contribution in [0.25, 0.3) is 44.6 Å². The normalized spacial score (nSPS) is 21.9. The molecule has 8 heterocycles. The number of nitrogens with one attached hydrogen (secondary N) is 2. The minimum Gasteiger partial charge on any atom is -0.458 e. The third-order valence-electron chi connectivity index (χ3n) is 16.5. The third kappa shape index (κ3) is 7.94. The van der Waals surface area contributed by atoms with Gasteiger partial charge in [-0.3, -0.25) is 19.2 Å². The van der Waals surface area contributed by atoms with Crippen LogP contribution in [0.3, 0.4) is 0 Å². The van der Waals surface area contributed by atoms with Crippen LogP contribution in [0.4, 0.5) is 35.1 Å². The molecule has 2 aromatic carbocycles. The molecule has 0 bridgehead atoms. The van der Waals surface area contributed by atoms with Gasteiger partial charge in [0.1, 0.15) is 24.8 Å². The molecule has 2 amide bonds. The predicted molar refractivity (Wildman–Crippen MR) is 261 cm³/mol. The van der Waals surface area contributed by atoms with Gasteiger partial charge in [0.2, 0.25) is 12.2 Å². The minimum atomic E-state index is -5.18. The Hall–Kier alpha value is -7.68. The number of cyclic esters (lactones) is 2. The fourth-order valence-electron chi connectivity index (χ4n) is 12.2. The molecule has 0 saturated carbocycles. The molecule has 0 radical (unpaired) electrons. The van der Waals surface area contributed by atoms with Crippen molar-refractivity contribution in [3.8, 4) is 22.8 Å². The summed E-state index contributed by atoms with van der Waals surface area (Å²) in [6.45, 7) is 5.41. The summed E-state index contributed by atoms with van der Waals surface area (Å²) in [5.74, 6) is -6.16. The zero-order valence-electron chi connectivity index (χ0n) is 42.6. The molecule has 6 aromatic rings. The van der Waals surface area contributed by atoms with Gasteiger partial charge in [0.25, 0.3) is 22.9 Å². The Morgan fingerprint density at radius 3 is 1.34 bits per heavy atom. The Labute approximate surface area is 445 Å². The molecule has 0 fully saturated rings. The van der Waals surface area contributed by atoms with E-state index in [0.717, 1.165) is 0 Å². The predicted octanol–water partition coefficient (Wildman–Crippen LogP) is 5.11. The maximum atomic E-state index is 14.9. The lowest BCUT2D eigenvalue weighted by molar-refractivity contribution is -0.206. The first-order chi connectivity index (χ1) is 37.5. The van der Waals surface area contributed by atoms with Crippen LogP contribution in [-0.4, -0.2) is 87.8 Å². The monoisotopic (exact) mass is 1120 g/mol. The highest BCUT2D eigenvalue weighted by atomic mass is 19.4. The van der Waals surface area contributed by atoms with Gasteiger partial charge in [-0.15, -0.1) is 0 Å². The van der Waals surface area contributed by atoms with Gasteiger partial charge < -0.3 is 49.7 Å². The maximum Gasteiger partial charge on any atom is 0.423 e. The molecule has 4 aliphatic heterocycles. The van der Waals surface area contributed by atoms with Gasteiger partial charge in [0, 0.05) is 45.2 Å². The summed E-state index contributed by atoms with van der Waals surface area (Å²) in [5.41, 5.74) is -0.243. The van der Waals surface area contributed by atoms with Crippen molar-refractivity contribution in [2.24, 2.45) is 0 Å². The number of aryl methyl sites for hydroxylation is 2. The molecule has 18 nitrogen and oxygen atoms in total. The van der Waals surface area contributed by atoms with Crippen molar-refractivity contribution in [2.75, 3.05) is 0 Å². The first kappa shape index (κ1) is 54.3. The summed E-state index contributed by atoms with van der Waals surface area (Å²) >= 11 is 0. The fraction of sp³-hybridized carbons (Fsp3) is 0.407. The minimum absolute atomic E-state index is 0.0693. The molecule has 6 aliphatic rings. The quantitative estimate of drug-likeness (QED) is 0.0935. The highest BCUT2D eigenvalue weighted by Crippen LogP contribution is 2.48. The first-order valence-corrected chi connectivity index (χ1v) is 25.3. The molecular weight excluding hydrogens is 1080 g/mol. The van der Waals surface area contributed by atoms with Crippen LogP contribution in [0, 0.1) is 25.5 Å². The van der Waals surface area contributed by atoms with Gasteiger partial charge in [-0.2, -0.15) is 26.3 Å². The summed E-state index contributed by atoms with van der Waals surface area (Å²) in [7, 11) is 0. The van der Waals surface area contributed by atoms with Crippen LogP contribution >= 0.6 is 0 Å². The molecule has 6 atom stereocenters. The highest BCUT2D eigenvalue weighted by Gasteiger charge is 2.50. The van der Waals surface area contributed by atoms with Crippen LogP contribution in [0.2, 0.25) is 0 Å². The van der Waals surface area contributed by atoms with E-state index in [9.17, 15) is 84.3 Å². The Balaban J connectivity index is 0.000000169. The van der Waals surface area contributed by atoms with Gasteiger partial charge >= 0.3 is 24.3 Å². The first-order valence-electron chi connectivity index (χ1n) is 25.3. The number of nitrogens with zero attached hydrogens (tertiary/aromatic N) is 4. The molecular formula is C54H46F8N6O12. The smallest absolute Gasteiger partial charge is 0.423 e. The van der Waals surface area contributed by atoms with E-state index in [2.05, 4.69) is 20.6 Å². The average Bonchev–Trinajstić information content (AvgIpc) is 4.07. The number of aliphatic hydroxyl groups excluding tert-OH is 2. The van der Waals surface area contributed by atoms with Crippen molar-refractivity contribution < 1.29 is 84.2 Å². The zero-order chi connectivity index (χ0) is 57.8. The molecule has 0 saturated heterocycles. The van der Waals surface area contributed by atoms with E-state index < -0.39 is 94.4 Å². The van der Waals surface area contributed by atoms with Gasteiger partial charge in [-0.1, -0.05) is 13.8 Å². The Kier molecular flexibility index (Phi) is 12.5. The van der Waals surface area contributed by atoms with Crippen LogP contribution in [0.5, 0.6) is 0 Å². The molecule has 6 N–H and O–H groups in total. The molecule has 4 aromatic heterocycles. The zero-order valence-corrected chi connectivity index (χ0v) is 42.6. The summed E-state index contributed by atoms with van der Waals surface area (Å²) in [4.78, 5) is 86.1. The second-order valence-corrected chi connectivity index (χ2v) is 20.7. The van der Waals surface area contributed by atoms with Crippen molar-refractivity contribution >= 4 is 45.6 Å². The molecule has 420 valence electrons. The van der Waals surface area contributed by atoms with Crippen molar-refractivity contribution in [1.29, 1.82) is 0 Å². The summed E-state index contributed by atoms with van der Waals surface area (Å²) < 4.78 is 121. The number of alkyl halides is 6. The van der Waals surface area contributed by atoms with Gasteiger partial charge in [-0.25, -0.2) is 28.3 Å². The Bertz CT molecular complexity index is 3680. The number of carbonyl (C=O) groups excluding carboxylic acids is 4. The van der Waals surface area contributed by atoms with E-state index in [1.165, 1.54) is 33.4 Å². The number of hydrogen-bond acceptors (Lipinski definition) is 14. The second kappa shape index (κ2) is 18.4. The van der Waals surface area contributed by atoms with E-state index >= 15 is 0 Å². The van der Waals surface area contributed by atoms with E-state index in [0.29, 0.717) is 55.3 Å². The lowest BCUT2D eigenvalue weighted by atomic mass is 9.81. The SMILES string of the molecule is CC[C@@]1(O)C(=O)OCc2c1cc1n(c2=O)Cc2c-1nc1cc(F)c(C)c3c1c2[C@@H](NC(=O)[C@@H](O)C(F)(F)F)CC3.CC[C@@]1(O)C(=O)OCc2c1cc1n(c2=O)Cc2c-1nc1cc(F)c(C)c3c1c2[C@@H](NC(=O)[C@H](O)C(F)(F)F)CC3. The highest BCUT2D eigenvalue weighted by molar-refractivity contribution is 5.96. The molecule has 2 aliphatic carbocycles. The molecule has 0 unspecified atom stereocenters. The van der Waals surface area contributed by atoms with Crippen LogP contribution in [-0.2, 0) is 79.0 Å². The third-order valence-corrected chi connectivity index (χ3v) is 16.5. The largest absolute Gasteiger partial charge is 0.458 e. The van der Waals surface area contributed by atoms with E-state index in [4.69, 9.17) is 9.47 Å². The van der Waals surface area contributed by atoms with Gasteiger partial charge in [0.15, 0.2) is 11.2 Å². The number of benzene rings is 2. The van der Waals surface area contributed by atoms with E-state index in [1.54, 1.807) is 27.7 Å². The number of ether oxygens (including phenoxy) is 2. The van der Waals surface area contributed by atoms with E-state index in [1.807, 2.05) is 0 Å². The van der Waals surface area contributed by atoms with Crippen LogP contribution < -0.4 is 21.8 Å². The Morgan fingerprint density at radius 1 is 0.637 bits per heavy atom. The summed E-state index contributed by atoms with van der Waals surface area (Å²) in [6, 6.07) is 3.30. The fourth-order valence-corrected chi connectivity index (χ4v) is 12.2. The number of pyridine rings is 4. The number of rotatable bonds is 6. The van der Waals surface area contributed by atoms with Crippen molar-refractivity contribution in [2.45, 2.75) is 140 Å². The van der Waals surface area contributed by atoms with Crippen molar-refractivity contribution in [3.05, 3.63) is 123 Å². The van der Waals surface area contributed by atoms with Crippen LogP contribution in [0.1, 0.15) is 118 Å². The molecule has 80 heavy (non-hydrogen) atoms.